The molecule has 8 heteroatoms. The van der Waals surface area contributed by atoms with Gasteiger partial charge in [0, 0.05) is 31.7 Å². The lowest BCUT2D eigenvalue weighted by molar-refractivity contribution is -0.117. The number of carbonyl (C=O) groups is 2. The average molecular weight is 316 g/mol. The number of thioether (sulfide) groups is 1. The van der Waals surface area contributed by atoms with Gasteiger partial charge in [0.2, 0.25) is 17.7 Å². The summed E-state index contributed by atoms with van der Waals surface area (Å²) in [4.78, 5) is 32.6. The molecule has 1 aliphatic heterocycles. The Kier molecular flexibility index (Phi) is 4.82. The number of aromatic nitrogens is 2. The SMILES string of the molecule is COc1cc(Cl)nc(N2CC(CSC(C)=O)CC2=O)n1. The first-order valence-electron chi connectivity index (χ1n) is 6.02. The summed E-state index contributed by atoms with van der Waals surface area (Å²) in [5.41, 5.74) is 0. The average Bonchev–Trinajstić information content (AvgIpc) is 2.77. The lowest BCUT2D eigenvalue weighted by Gasteiger charge is -2.15. The maximum atomic E-state index is 12.0. The summed E-state index contributed by atoms with van der Waals surface area (Å²) in [7, 11) is 1.47. The molecule has 0 spiro atoms. The van der Waals surface area contributed by atoms with E-state index in [2.05, 4.69) is 9.97 Å². The molecule has 20 heavy (non-hydrogen) atoms. The number of hydrogen-bond acceptors (Lipinski definition) is 6. The highest BCUT2D eigenvalue weighted by atomic mass is 35.5. The van der Waals surface area contributed by atoms with E-state index in [9.17, 15) is 9.59 Å². The van der Waals surface area contributed by atoms with Crippen molar-refractivity contribution in [3.8, 4) is 5.88 Å². The third-order valence-corrected chi connectivity index (χ3v) is 4.08. The third kappa shape index (κ3) is 3.61. The minimum absolute atomic E-state index is 0.0524. The van der Waals surface area contributed by atoms with Crippen LogP contribution in [0.25, 0.3) is 0 Å². The maximum absolute atomic E-state index is 12.0. The van der Waals surface area contributed by atoms with Crippen molar-refractivity contribution in [1.82, 2.24) is 9.97 Å². The summed E-state index contributed by atoms with van der Waals surface area (Å²) in [5, 5.41) is 0.276. The highest BCUT2D eigenvalue weighted by Gasteiger charge is 2.32. The topological polar surface area (TPSA) is 72.4 Å². The zero-order chi connectivity index (χ0) is 14.7. The number of rotatable bonds is 4. The van der Waals surface area contributed by atoms with Crippen LogP contribution in [-0.2, 0) is 9.59 Å². The van der Waals surface area contributed by atoms with Crippen LogP contribution in [0, 0.1) is 5.92 Å². The van der Waals surface area contributed by atoms with Gasteiger partial charge in [0.25, 0.3) is 0 Å². The summed E-state index contributed by atoms with van der Waals surface area (Å²) in [6.07, 6.45) is 0.387. The minimum atomic E-state index is -0.0662. The molecule has 1 aromatic heterocycles. The number of halogens is 1. The van der Waals surface area contributed by atoms with Gasteiger partial charge in [0.05, 0.1) is 7.11 Å². The molecule has 0 bridgehead atoms. The Labute approximate surface area is 125 Å². The fourth-order valence-corrected chi connectivity index (χ4v) is 2.80. The molecular weight excluding hydrogens is 302 g/mol. The Morgan fingerprint density at radius 2 is 2.35 bits per heavy atom. The highest BCUT2D eigenvalue weighted by Crippen LogP contribution is 2.27. The van der Waals surface area contributed by atoms with Crippen LogP contribution in [0.4, 0.5) is 5.95 Å². The summed E-state index contributed by atoms with van der Waals surface area (Å²) in [5.74, 6) is 1.23. The summed E-state index contributed by atoms with van der Waals surface area (Å²) < 4.78 is 5.01. The lowest BCUT2D eigenvalue weighted by atomic mass is 10.1. The largest absolute Gasteiger partial charge is 0.481 e. The maximum Gasteiger partial charge on any atom is 0.236 e. The second-order valence-electron chi connectivity index (χ2n) is 4.41. The van der Waals surface area contributed by atoms with Crippen LogP contribution in [0.1, 0.15) is 13.3 Å². The van der Waals surface area contributed by atoms with Crippen LogP contribution in [0.3, 0.4) is 0 Å². The molecule has 1 aromatic rings. The van der Waals surface area contributed by atoms with Crippen LogP contribution in [-0.4, -0.2) is 40.4 Å². The molecular formula is C12H14ClN3O3S. The molecule has 1 aliphatic rings. The molecule has 1 atom stereocenters. The van der Waals surface area contributed by atoms with Crippen molar-refractivity contribution in [3.63, 3.8) is 0 Å². The molecule has 0 N–H and O–H groups in total. The second-order valence-corrected chi connectivity index (χ2v) is 5.99. The smallest absolute Gasteiger partial charge is 0.236 e. The molecule has 2 heterocycles. The van der Waals surface area contributed by atoms with Gasteiger partial charge in [0.1, 0.15) is 5.15 Å². The predicted octanol–water partition coefficient (Wildman–Crippen LogP) is 1.77. The molecule has 0 saturated carbocycles. The van der Waals surface area contributed by atoms with Gasteiger partial charge in [-0.3, -0.25) is 14.5 Å². The van der Waals surface area contributed by atoms with Crippen molar-refractivity contribution < 1.29 is 14.3 Å². The summed E-state index contributed by atoms with van der Waals surface area (Å²) in [6.45, 7) is 2.01. The van der Waals surface area contributed by atoms with Crippen LogP contribution in [0.15, 0.2) is 6.07 Å². The van der Waals surface area contributed by atoms with E-state index in [1.54, 1.807) is 0 Å². The molecule has 0 aromatic carbocycles. The zero-order valence-electron chi connectivity index (χ0n) is 11.1. The third-order valence-electron chi connectivity index (χ3n) is 2.84. The van der Waals surface area contributed by atoms with Gasteiger partial charge < -0.3 is 4.74 Å². The van der Waals surface area contributed by atoms with E-state index in [-0.39, 0.29) is 28.0 Å². The van der Waals surface area contributed by atoms with Crippen molar-refractivity contribution >= 4 is 40.3 Å². The van der Waals surface area contributed by atoms with Crippen LogP contribution in [0.5, 0.6) is 5.88 Å². The molecule has 1 unspecified atom stereocenters. The number of anilines is 1. The van der Waals surface area contributed by atoms with E-state index < -0.39 is 0 Å². The second kappa shape index (κ2) is 6.41. The Balaban J connectivity index is 2.11. The number of nitrogens with zero attached hydrogens (tertiary/aromatic N) is 3. The monoisotopic (exact) mass is 315 g/mol. The van der Waals surface area contributed by atoms with Gasteiger partial charge in [0.15, 0.2) is 5.12 Å². The fourth-order valence-electron chi connectivity index (χ4n) is 1.93. The molecule has 1 amide bonds. The molecule has 1 saturated heterocycles. The highest BCUT2D eigenvalue weighted by molar-refractivity contribution is 8.13. The number of carbonyl (C=O) groups excluding carboxylic acids is 2. The van der Waals surface area contributed by atoms with E-state index in [0.29, 0.717) is 24.6 Å². The first-order chi connectivity index (χ1) is 9.49. The first kappa shape index (κ1) is 15.1. The minimum Gasteiger partial charge on any atom is -0.481 e. The van der Waals surface area contributed by atoms with Crippen molar-refractivity contribution in [3.05, 3.63) is 11.2 Å². The van der Waals surface area contributed by atoms with Gasteiger partial charge in [-0.25, -0.2) is 4.98 Å². The number of methoxy groups -OCH3 is 1. The van der Waals surface area contributed by atoms with E-state index in [4.69, 9.17) is 16.3 Å². The molecule has 0 radical (unpaired) electrons. The Bertz CT molecular complexity index is 541. The number of amides is 1. The van der Waals surface area contributed by atoms with E-state index in [0.717, 1.165) is 0 Å². The zero-order valence-corrected chi connectivity index (χ0v) is 12.7. The molecule has 6 nitrogen and oxygen atoms in total. The Morgan fingerprint density at radius 3 is 3.00 bits per heavy atom. The van der Waals surface area contributed by atoms with Gasteiger partial charge in [-0.15, -0.1) is 0 Å². The van der Waals surface area contributed by atoms with Gasteiger partial charge in [-0.05, 0) is 5.92 Å². The van der Waals surface area contributed by atoms with Crippen LogP contribution < -0.4 is 9.64 Å². The number of ether oxygens (including phenoxy) is 1. The standard InChI is InChI=1S/C12H14ClN3O3S/c1-7(17)20-6-8-3-11(18)16(5-8)12-14-9(13)4-10(15-12)19-2/h4,8H,3,5-6H2,1-2H3. The molecule has 0 aliphatic carbocycles. The van der Waals surface area contributed by atoms with E-state index in [1.165, 1.54) is 36.8 Å². The van der Waals surface area contributed by atoms with Crippen molar-refractivity contribution in [2.45, 2.75) is 13.3 Å². The lowest BCUT2D eigenvalue weighted by Crippen LogP contribution is -2.27. The quantitative estimate of drug-likeness (QED) is 0.789. The number of hydrogen-bond donors (Lipinski definition) is 0. The van der Waals surface area contributed by atoms with Gasteiger partial charge in [-0.2, -0.15) is 4.98 Å². The van der Waals surface area contributed by atoms with Gasteiger partial charge in [-0.1, -0.05) is 23.4 Å². The fraction of sp³-hybridized carbons (Fsp3) is 0.500. The van der Waals surface area contributed by atoms with E-state index in [1.807, 2.05) is 0 Å². The summed E-state index contributed by atoms with van der Waals surface area (Å²) in [6, 6.07) is 1.48. The van der Waals surface area contributed by atoms with E-state index >= 15 is 0 Å². The Hall–Kier alpha value is -1.34. The molecule has 2 rings (SSSR count). The Morgan fingerprint density at radius 1 is 1.60 bits per heavy atom. The summed E-state index contributed by atoms with van der Waals surface area (Å²) >= 11 is 7.11. The normalized spacial score (nSPS) is 18.4. The van der Waals surface area contributed by atoms with Gasteiger partial charge >= 0.3 is 0 Å². The molecule has 1 fully saturated rings. The van der Waals surface area contributed by atoms with Crippen molar-refractivity contribution in [1.29, 1.82) is 0 Å². The van der Waals surface area contributed by atoms with Crippen LogP contribution >= 0.6 is 23.4 Å². The van der Waals surface area contributed by atoms with Crippen molar-refractivity contribution in [2.24, 2.45) is 5.92 Å². The first-order valence-corrected chi connectivity index (χ1v) is 7.38. The van der Waals surface area contributed by atoms with Crippen LogP contribution in [0.2, 0.25) is 5.15 Å². The molecule has 108 valence electrons. The van der Waals surface area contributed by atoms with Crippen molar-refractivity contribution in [2.75, 3.05) is 24.3 Å². The predicted molar refractivity (Wildman–Crippen MR) is 77.2 cm³/mol.